The van der Waals surface area contributed by atoms with Crippen molar-refractivity contribution in [2.45, 2.75) is 53.2 Å². The maximum absolute atomic E-state index is 12.9. The summed E-state index contributed by atoms with van der Waals surface area (Å²) in [5.74, 6) is 0.605. The predicted octanol–water partition coefficient (Wildman–Crippen LogP) is 7.17. The average Bonchev–Trinajstić information content (AvgIpc) is 3.43. The topological polar surface area (TPSA) is 87.7 Å². The number of fused-ring (bicyclic) bond motifs is 3. The zero-order valence-corrected chi connectivity index (χ0v) is 23.8. The van der Waals surface area contributed by atoms with Gasteiger partial charge in [-0.25, -0.2) is 4.79 Å². The van der Waals surface area contributed by atoms with Crippen molar-refractivity contribution in [3.8, 4) is 22.6 Å². The highest BCUT2D eigenvalue weighted by Crippen LogP contribution is 2.44. The third-order valence-corrected chi connectivity index (χ3v) is 8.04. The van der Waals surface area contributed by atoms with Gasteiger partial charge in [-0.15, -0.1) is 0 Å². The molecule has 0 saturated heterocycles. The van der Waals surface area contributed by atoms with E-state index in [0.717, 1.165) is 68.3 Å². The van der Waals surface area contributed by atoms with Crippen LogP contribution in [0.5, 0.6) is 11.5 Å². The summed E-state index contributed by atoms with van der Waals surface area (Å²) in [5.41, 5.74) is 5.66. The average molecular weight is 570 g/mol. The number of carboxylic acid groups (broad SMARTS) is 1. The van der Waals surface area contributed by atoms with Crippen molar-refractivity contribution in [2.75, 3.05) is 20.3 Å². The first-order chi connectivity index (χ1) is 20.0. The number of aromatic nitrogens is 3. The molecule has 0 radical (unpaired) electrons. The number of nitrogens with zero attached hydrogens (tertiary/aromatic N) is 3. The Bertz CT molecular complexity index is 1740. The number of hydrogen-bond acceptors (Lipinski definition) is 5. The molecule has 2 aromatic heterocycles. The third-order valence-electron chi connectivity index (χ3n) is 8.04. The van der Waals surface area contributed by atoms with Crippen LogP contribution in [-0.4, -0.2) is 45.7 Å². The fourth-order valence-corrected chi connectivity index (χ4v) is 6.22. The van der Waals surface area contributed by atoms with Crippen molar-refractivity contribution >= 4 is 27.6 Å². The molecule has 6 rings (SSSR count). The molecular weight excluding hydrogens is 530 g/mol. The van der Waals surface area contributed by atoms with Crippen LogP contribution in [0.2, 0.25) is 0 Å². The molecule has 3 aromatic carbocycles. The molecule has 0 spiro atoms. The van der Waals surface area contributed by atoms with Crippen LogP contribution in [0.1, 0.15) is 54.1 Å². The van der Waals surface area contributed by atoms with Gasteiger partial charge in [0.05, 0.1) is 42.8 Å². The number of rotatable bonds is 7. The van der Waals surface area contributed by atoms with E-state index in [-0.39, 0.29) is 7.43 Å². The molecule has 220 valence electrons. The van der Waals surface area contributed by atoms with Crippen molar-refractivity contribution in [3.05, 3.63) is 77.2 Å². The molecule has 0 bridgehead atoms. The van der Waals surface area contributed by atoms with Crippen LogP contribution in [0.25, 0.3) is 32.8 Å². The number of benzene rings is 3. The van der Waals surface area contributed by atoms with Gasteiger partial charge >= 0.3 is 5.97 Å². The van der Waals surface area contributed by atoms with E-state index >= 15 is 0 Å². The number of ether oxygens (including phenoxy) is 3. The molecule has 1 aliphatic heterocycles. The molecule has 0 unspecified atom stereocenters. The minimum Gasteiger partial charge on any atom is -0.496 e. The Morgan fingerprint density at radius 2 is 1.83 bits per heavy atom. The second-order valence-corrected chi connectivity index (χ2v) is 10.5. The summed E-state index contributed by atoms with van der Waals surface area (Å²) in [7, 11) is 3.58. The Balaban J connectivity index is 0.00000353. The maximum Gasteiger partial charge on any atom is 0.352 e. The molecule has 8 nitrogen and oxygen atoms in total. The van der Waals surface area contributed by atoms with Gasteiger partial charge < -0.3 is 23.9 Å². The van der Waals surface area contributed by atoms with Crippen LogP contribution in [0.3, 0.4) is 0 Å². The van der Waals surface area contributed by atoms with Crippen molar-refractivity contribution in [2.24, 2.45) is 7.05 Å². The largest absolute Gasteiger partial charge is 0.496 e. The second-order valence-electron chi connectivity index (χ2n) is 10.5. The van der Waals surface area contributed by atoms with E-state index in [1.54, 1.807) is 7.11 Å². The lowest BCUT2D eigenvalue weighted by Crippen LogP contribution is -2.12. The van der Waals surface area contributed by atoms with Crippen molar-refractivity contribution in [3.63, 3.8) is 0 Å². The maximum atomic E-state index is 12.9. The Hall–Kier alpha value is -4.30. The highest BCUT2D eigenvalue weighted by atomic mass is 16.5. The van der Waals surface area contributed by atoms with Crippen molar-refractivity contribution < 1.29 is 24.1 Å². The Morgan fingerprint density at radius 3 is 2.64 bits per heavy atom. The number of carbonyl (C=O) groups is 1. The van der Waals surface area contributed by atoms with Gasteiger partial charge in [-0.2, -0.15) is 5.10 Å². The normalized spacial score (nSPS) is 13.3. The molecule has 5 aromatic rings. The Morgan fingerprint density at radius 1 is 1.02 bits per heavy atom. The van der Waals surface area contributed by atoms with Gasteiger partial charge in [0.25, 0.3) is 0 Å². The molecule has 1 aliphatic rings. The fourth-order valence-electron chi connectivity index (χ4n) is 6.22. The van der Waals surface area contributed by atoms with E-state index in [2.05, 4.69) is 18.2 Å². The van der Waals surface area contributed by atoms with E-state index in [1.807, 2.05) is 59.6 Å². The van der Waals surface area contributed by atoms with Gasteiger partial charge in [0.15, 0.2) is 0 Å². The number of carboxylic acids is 1. The van der Waals surface area contributed by atoms with Gasteiger partial charge in [-0.3, -0.25) is 4.68 Å². The van der Waals surface area contributed by atoms with Gasteiger partial charge in [0, 0.05) is 36.5 Å². The summed E-state index contributed by atoms with van der Waals surface area (Å²) in [6.45, 7) is 4.06. The first kappa shape index (κ1) is 29.2. The third kappa shape index (κ3) is 5.11. The van der Waals surface area contributed by atoms with Crippen LogP contribution in [0.4, 0.5) is 0 Å². The summed E-state index contributed by atoms with van der Waals surface area (Å²) in [6.07, 6.45) is 2.88. The number of aryl methyl sites for hydroxylation is 4. The lowest BCUT2D eigenvalue weighted by Gasteiger charge is -2.15. The monoisotopic (exact) mass is 569 g/mol. The summed E-state index contributed by atoms with van der Waals surface area (Å²) >= 11 is 0. The summed E-state index contributed by atoms with van der Waals surface area (Å²) in [5, 5.41) is 18.4. The minimum atomic E-state index is -0.926. The quantitative estimate of drug-likeness (QED) is 0.209. The lowest BCUT2D eigenvalue weighted by atomic mass is 9.97. The van der Waals surface area contributed by atoms with Crippen molar-refractivity contribution in [1.29, 1.82) is 0 Å². The number of methoxy groups -OCH3 is 1. The molecule has 8 heteroatoms. The predicted molar refractivity (Wildman–Crippen MR) is 166 cm³/mol. The molecule has 3 heterocycles. The number of hydrogen-bond donors (Lipinski definition) is 1. The smallest absolute Gasteiger partial charge is 0.352 e. The van der Waals surface area contributed by atoms with E-state index in [0.29, 0.717) is 50.7 Å². The molecule has 0 fully saturated rings. The van der Waals surface area contributed by atoms with E-state index in [9.17, 15) is 9.90 Å². The molecule has 0 atom stereocenters. The zero-order chi connectivity index (χ0) is 28.5. The van der Waals surface area contributed by atoms with Crippen LogP contribution < -0.4 is 9.47 Å². The number of aromatic carboxylic acids is 1. The summed E-state index contributed by atoms with van der Waals surface area (Å²) in [6, 6.07) is 18.2. The van der Waals surface area contributed by atoms with Gasteiger partial charge in [-0.1, -0.05) is 43.8 Å². The Labute approximate surface area is 246 Å². The first-order valence-corrected chi connectivity index (χ1v) is 14.2. The van der Waals surface area contributed by atoms with Gasteiger partial charge in [0.1, 0.15) is 17.2 Å². The minimum absolute atomic E-state index is 0. The zero-order valence-electron chi connectivity index (χ0n) is 23.8. The molecule has 42 heavy (non-hydrogen) atoms. The molecule has 0 saturated carbocycles. The second kappa shape index (κ2) is 12.3. The van der Waals surface area contributed by atoms with Crippen LogP contribution in [0, 0.1) is 6.92 Å². The van der Waals surface area contributed by atoms with E-state index < -0.39 is 5.97 Å². The van der Waals surface area contributed by atoms with Crippen LogP contribution in [0.15, 0.2) is 54.6 Å². The molecule has 0 aliphatic carbocycles. The fraction of sp³-hybridized carbons (Fsp3) is 0.353. The van der Waals surface area contributed by atoms with Crippen LogP contribution in [-0.2, 0) is 31.4 Å². The lowest BCUT2D eigenvalue weighted by molar-refractivity contribution is 0.0683. The summed E-state index contributed by atoms with van der Waals surface area (Å²) < 4.78 is 22.0. The summed E-state index contributed by atoms with van der Waals surface area (Å²) in [4.78, 5) is 12.9. The standard InChI is InChI=1S/C33H35N3O5.CH4/c1-21-29-26(35(2)34-21)20-40-18-7-6-17-36-31-25(15-16-28(39-3)30(29)31)24(32(36)33(37)38)13-9-19-41-27-14-8-11-22-10-4-5-12-23(22)27;/h4-5,8,10-12,14-16H,6-7,9,13,17-20H2,1-3H3,(H,37,38);1H4. The molecule has 1 N–H and O–H groups in total. The highest BCUT2D eigenvalue weighted by molar-refractivity contribution is 6.06. The van der Waals surface area contributed by atoms with E-state index in [4.69, 9.17) is 19.3 Å². The Kier molecular flexibility index (Phi) is 8.54. The highest BCUT2D eigenvalue weighted by Gasteiger charge is 2.29. The first-order valence-electron chi connectivity index (χ1n) is 14.2. The van der Waals surface area contributed by atoms with Crippen molar-refractivity contribution in [1.82, 2.24) is 14.3 Å². The van der Waals surface area contributed by atoms with E-state index in [1.165, 1.54) is 0 Å². The van der Waals surface area contributed by atoms with Gasteiger partial charge in [0.2, 0.25) is 0 Å². The molecule has 0 amide bonds. The van der Waals surface area contributed by atoms with Gasteiger partial charge in [-0.05, 0) is 61.8 Å². The molecular formula is C34H39N3O5. The van der Waals surface area contributed by atoms with Crippen LogP contribution >= 0.6 is 0 Å². The SMILES string of the molecule is C.COc1ccc2c(CCCOc3cccc4ccccc34)c(C(=O)O)n3c2c1-c1c(C)nn(C)c1COCCCC3.